The van der Waals surface area contributed by atoms with E-state index in [-0.39, 0.29) is 29.4 Å². The second-order valence-corrected chi connectivity index (χ2v) is 7.43. The fraction of sp³-hybridized carbons (Fsp3) is 0.227. The average Bonchev–Trinajstić information content (AvgIpc) is 3.45. The zero-order chi connectivity index (χ0) is 22.0. The molecule has 9 heteroatoms. The second-order valence-electron chi connectivity index (χ2n) is 7.43. The maximum absolute atomic E-state index is 13.1. The van der Waals surface area contributed by atoms with Gasteiger partial charge < -0.3 is 9.84 Å². The standard InChI is InChI=1S/C22H21FN6O2/c1-13(2)20-27-22(31-28-20)16-8-9-24-19(10-16)29-11-18(25-12-29)21(30)26-14(3)15-4-6-17(23)7-5-15/h4-14H,1-3H3,(H,26,30)/t14-/m1/s1. The third kappa shape index (κ3) is 4.50. The third-order valence-corrected chi connectivity index (χ3v) is 4.75. The van der Waals surface area contributed by atoms with Crippen molar-refractivity contribution in [2.75, 3.05) is 0 Å². The van der Waals surface area contributed by atoms with E-state index in [2.05, 4.69) is 25.4 Å². The summed E-state index contributed by atoms with van der Waals surface area (Å²) in [7, 11) is 0. The van der Waals surface area contributed by atoms with Crippen molar-refractivity contribution in [3.63, 3.8) is 0 Å². The van der Waals surface area contributed by atoms with Crippen LogP contribution in [0.25, 0.3) is 17.3 Å². The van der Waals surface area contributed by atoms with Gasteiger partial charge in [0.05, 0.1) is 6.04 Å². The lowest BCUT2D eigenvalue weighted by atomic mass is 10.1. The molecule has 1 atom stereocenters. The number of rotatable bonds is 6. The number of halogens is 1. The molecule has 4 rings (SSSR count). The summed E-state index contributed by atoms with van der Waals surface area (Å²) in [5.74, 6) is 1.08. The first-order valence-electron chi connectivity index (χ1n) is 9.81. The van der Waals surface area contributed by atoms with Gasteiger partial charge in [-0.15, -0.1) is 0 Å². The molecule has 0 aliphatic rings. The van der Waals surface area contributed by atoms with Crippen LogP contribution in [-0.4, -0.2) is 30.6 Å². The Morgan fingerprint density at radius 3 is 2.61 bits per heavy atom. The first-order valence-corrected chi connectivity index (χ1v) is 9.81. The topological polar surface area (TPSA) is 98.7 Å². The molecule has 158 valence electrons. The van der Waals surface area contributed by atoms with Crippen LogP contribution in [0.3, 0.4) is 0 Å². The summed E-state index contributed by atoms with van der Waals surface area (Å²) in [4.78, 5) is 25.5. The Kier molecular flexibility index (Phi) is 5.57. The summed E-state index contributed by atoms with van der Waals surface area (Å²) in [5.41, 5.74) is 1.75. The van der Waals surface area contributed by atoms with Crippen molar-refractivity contribution >= 4 is 5.91 Å². The lowest BCUT2D eigenvalue weighted by molar-refractivity contribution is 0.0935. The monoisotopic (exact) mass is 420 g/mol. The van der Waals surface area contributed by atoms with Crippen LogP contribution in [0.4, 0.5) is 4.39 Å². The molecule has 1 N–H and O–H groups in total. The highest BCUT2D eigenvalue weighted by Gasteiger charge is 2.16. The maximum atomic E-state index is 13.1. The van der Waals surface area contributed by atoms with Gasteiger partial charge in [0.1, 0.15) is 23.7 Å². The minimum atomic E-state index is -0.342. The van der Waals surface area contributed by atoms with Gasteiger partial charge in [-0.3, -0.25) is 9.36 Å². The number of amides is 1. The summed E-state index contributed by atoms with van der Waals surface area (Å²) in [6, 6.07) is 9.25. The molecule has 3 heterocycles. The van der Waals surface area contributed by atoms with E-state index in [1.807, 2.05) is 20.8 Å². The van der Waals surface area contributed by atoms with Crippen LogP contribution in [0.2, 0.25) is 0 Å². The molecule has 0 bridgehead atoms. The number of carbonyl (C=O) groups is 1. The highest BCUT2D eigenvalue weighted by molar-refractivity contribution is 5.92. The normalized spacial score (nSPS) is 12.2. The van der Waals surface area contributed by atoms with Crippen molar-refractivity contribution in [2.24, 2.45) is 0 Å². The molecule has 0 saturated heterocycles. The van der Waals surface area contributed by atoms with E-state index in [9.17, 15) is 9.18 Å². The zero-order valence-electron chi connectivity index (χ0n) is 17.3. The summed E-state index contributed by atoms with van der Waals surface area (Å²) in [6.07, 6.45) is 4.73. The first-order chi connectivity index (χ1) is 14.9. The molecule has 0 radical (unpaired) electrons. The van der Waals surface area contributed by atoms with Crippen molar-refractivity contribution in [3.8, 4) is 17.3 Å². The van der Waals surface area contributed by atoms with Gasteiger partial charge in [0.15, 0.2) is 5.82 Å². The minimum Gasteiger partial charge on any atom is -0.344 e. The average molecular weight is 420 g/mol. The van der Waals surface area contributed by atoms with Crippen LogP contribution in [0.15, 0.2) is 59.6 Å². The highest BCUT2D eigenvalue weighted by atomic mass is 19.1. The fourth-order valence-corrected chi connectivity index (χ4v) is 2.95. The first kappa shape index (κ1) is 20.4. The van der Waals surface area contributed by atoms with Crippen LogP contribution in [0, 0.1) is 5.82 Å². The van der Waals surface area contributed by atoms with Gasteiger partial charge in [-0.2, -0.15) is 4.98 Å². The Balaban J connectivity index is 1.50. The van der Waals surface area contributed by atoms with E-state index in [4.69, 9.17) is 4.52 Å². The summed E-state index contributed by atoms with van der Waals surface area (Å²) >= 11 is 0. The number of imidazole rings is 1. The second kappa shape index (κ2) is 8.47. The maximum Gasteiger partial charge on any atom is 0.271 e. The number of pyridine rings is 1. The van der Waals surface area contributed by atoms with Gasteiger partial charge in [-0.05, 0) is 36.8 Å². The van der Waals surface area contributed by atoms with Crippen molar-refractivity contribution < 1.29 is 13.7 Å². The van der Waals surface area contributed by atoms with Crippen molar-refractivity contribution in [1.29, 1.82) is 0 Å². The number of nitrogens with zero attached hydrogens (tertiary/aromatic N) is 5. The predicted molar refractivity (Wildman–Crippen MR) is 111 cm³/mol. The molecule has 0 aliphatic carbocycles. The van der Waals surface area contributed by atoms with Gasteiger partial charge in [0, 0.05) is 23.9 Å². The van der Waals surface area contributed by atoms with Crippen LogP contribution in [0.1, 0.15) is 54.6 Å². The van der Waals surface area contributed by atoms with E-state index < -0.39 is 0 Å². The molecule has 4 aromatic rings. The van der Waals surface area contributed by atoms with Gasteiger partial charge >= 0.3 is 0 Å². The predicted octanol–water partition coefficient (Wildman–Crippen LogP) is 4.07. The van der Waals surface area contributed by atoms with E-state index in [1.54, 1.807) is 41.2 Å². The van der Waals surface area contributed by atoms with Gasteiger partial charge in [-0.25, -0.2) is 14.4 Å². The molecule has 3 aromatic heterocycles. The van der Waals surface area contributed by atoms with E-state index in [0.717, 1.165) is 5.56 Å². The number of hydrogen-bond donors (Lipinski definition) is 1. The molecule has 1 amide bonds. The highest BCUT2D eigenvalue weighted by Crippen LogP contribution is 2.21. The lowest BCUT2D eigenvalue weighted by Gasteiger charge is -2.13. The number of nitrogens with one attached hydrogen (secondary N) is 1. The Labute approximate surface area is 178 Å². The molecule has 0 unspecified atom stereocenters. The SMILES string of the molecule is CC(C)c1noc(-c2ccnc(-n3cnc(C(=O)N[C@H](C)c4ccc(F)cc4)c3)c2)n1. The van der Waals surface area contributed by atoms with Crippen molar-refractivity contribution in [1.82, 2.24) is 30.0 Å². The molecule has 1 aromatic carbocycles. The zero-order valence-corrected chi connectivity index (χ0v) is 17.3. The van der Waals surface area contributed by atoms with Crippen molar-refractivity contribution in [2.45, 2.75) is 32.7 Å². The molecule has 8 nitrogen and oxygen atoms in total. The number of aromatic nitrogens is 5. The quantitative estimate of drug-likeness (QED) is 0.505. The number of carbonyl (C=O) groups excluding carboxylic acids is 1. The minimum absolute atomic E-state index is 0.158. The Hall–Kier alpha value is -3.88. The summed E-state index contributed by atoms with van der Waals surface area (Å²) < 4.78 is 20.1. The molecular weight excluding hydrogens is 399 g/mol. The molecule has 0 saturated carbocycles. The Morgan fingerprint density at radius 1 is 1.13 bits per heavy atom. The van der Waals surface area contributed by atoms with Crippen LogP contribution in [0.5, 0.6) is 0 Å². The largest absolute Gasteiger partial charge is 0.344 e. The van der Waals surface area contributed by atoms with Crippen LogP contribution < -0.4 is 5.32 Å². The van der Waals surface area contributed by atoms with E-state index in [0.29, 0.717) is 23.1 Å². The van der Waals surface area contributed by atoms with Crippen LogP contribution >= 0.6 is 0 Å². The van der Waals surface area contributed by atoms with Crippen molar-refractivity contribution in [3.05, 3.63) is 78.0 Å². The van der Waals surface area contributed by atoms with Crippen LogP contribution in [-0.2, 0) is 0 Å². The molecule has 0 aliphatic heterocycles. The molecule has 31 heavy (non-hydrogen) atoms. The van der Waals surface area contributed by atoms with E-state index >= 15 is 0 Å². The van der Waals surface area contributed by atoms with Gasteiger partial charge in [0.2, 0.25) is 0 Å². The third-order valence-electron chi connectivity index (χ3n) is 4.75. The molecular formula is C22H21FN6O2. The fourth-order valence-electron chi connectivity index (χ4n) is 2.95. The smallest absolute Gasteiger partial charge is 0.271 e. The Bertz CT molecular complexity index is 1200. The lowest BCUT2D eigenvalue weighted by Crippen LogP contribution is -2.26. The molecule has 0 spiro atoms. The van der Waals surface area contributed by atoms with Gasteiger partial charge in [-0.1, -0.05) is 31.1 Å². The summed E-state index contributed by atoms with van der Waals surface area (Å²) in [5, 5.41) is 6.84. The summed E-state index contributed by atoms with van der Waals surface area (Å²) in [6.45, 7) is 5.80. The van der Waals surface area contributed by atoms with E-state index in [1.165, 1.54) is 18.5 Å². The van der Waals surface area contributed by atoms with Gasteiger partial charge in [0.25, 0.3) is 11.8 Å². The molecule has 0 fully saturated rings. The number of benzene rings is 1. The number of hydrogen-bond acceptors (Lipinski definition) is 6. The Morgan fingerprint density at radius 2 is 1.90 bits per heavy atom.